The number of hydrogen-bond donors (Lipinski definition) is 0. The number of anilines is 2. The van der Waals surface area contributed by atoms with Crippen molar-refractivity contribution in [2.45, 2.75) is 32.1 Å². The first-order valence-corrected chi connectivity index (χ1v) is 10.5. The van der Waals surface area contributed by atoms with Crippen LogP contribution in [0.4, 0.5) is 11.6 Å². The predicted molar refractivity (Wildman–Crippen MR) is 107 cm³/mol. The van der Waals surface area contributed by atoms with Gasteiger partial charge in [-0.25, -0.2) is 9.97 Å². The molecule has 1 amide bonds. The molecule has 2 aliphatic heterocycles. The highest BCUT2D eigenvalue weighted by atomic mass is 16.2. The molecule has 1 aliphatic carbocycles. The van der Waals surface area contributed by atoms with Crippen molar-refractivity contribution >= 4 is 17.5 Å². The fourth-order valence-electron chi connectivity index (χ4n) is 4.49. The van der Waals surface area contributed by atoms with Crippen molar-refractivity contribution in [2.75, 3.05) is 69.2 Å². The van der Waals surface area contributed by atoms with Gasteiger partial charge in [-0.2, -0.15) is 0 Å². The van der Waals surface area contributed by atoms with Gasteiger partial charge in [0, 0.05) is 64.8 Å². The summed E-state index contributed by atoms with van der Waals surface area (Å²) in [6.07, 6.45) is 7.51. The van der Waals surface area contributed by atoms with Crippen LogP contribution in [0.2, 0.25) is 0 Å². The van der Waals surface area contributed by atoms with Crippen molar-refractivity contribution in [2.24, 2.45) is 5.92 Å². The predicted octanol–water partition coefficient (Wildman–Crippen LogP) is 1.46. The highest BCUT2D eigenvalue weighted by Crippen LogP contribution is 2.28. The van der Waals surface area contributed by atoms with Gasteiger partial charge in [0.2, 0.25) is 5.91 Å². The lowest BCUT2D eigenvalue weighted by atomic mass is 10.0. The minimum atomic E-state index is 0.349. The third-order valence-electron chi connectivity index (χ3n) is 6.36. The monoisotopic (exact) mass is 372 g/mol. The maximum Gasteiger partial charge on any atom is 0.222 e. The largest absolute Gasteiger partial charge is 0.354 e. The molecule has 7 nitrogen and oxygen atoms in total. The molecule has 3 aliphatic rings. The molecule has 1 aromatic rings. The third-order valence-corrected chi connectivity index (χ3v) is 6.36. The maximum atomic E-state index is 12.6. The summed E-state index contributed by atoms with van der Waals surface area (Å²) in [6.45, 7) is 7.49. The first kappa shape index (κ1) is 18.5. The van der Waals surface area contributed by atoms with Crippen LogP contribution < -0.4 is 9.80 Å². The molecular weight excluding hydrogens is 340 g/mol. The highest BCUT2D eigenvalue weighted by Gasteiger charge is 2.26. The molecule has 2 saturated heterocycles. The quantitative estimate of drug-likeness (QED) is 0.798. The number of carbonyl (C=O) groups is 1. The van der Waals surface area contributed by atoms with Crippen molar-refractivity contribution in [1.29, 1.82) is 0 Å². The van der Waals surface area contributed by atoms with E-state index in [1.165, 1.54) is 25.7 Å². The van der Waals surface area contributed by atoms with Gasteiger partial charge in [-0.15, -0.1) is 0 Å². The molecule has 0 radical (unpaired) electrons. The topological polar surface area (TPSA) is 55.8 Å². The lowest BCUT2D eigenvalue weighted by Crippen LogP contribution is -2.49. The van der Waals surface area contributed by atoms with E-state index in [2.05, 4.69) is 42.7 Å². The number of nitrogens with zero attached hydrogens (tertiary/aromatic N) is 6. The summed E-state index contributed by atoms with van der Waals surface area (Å²) < 4.78 is 0. The fraction of sp³-hybridized carbons (Fsp3) is 0.750. The molecule has 0 aromatic carbocycles. The number of aromatic nitrogens is 2. The standard InChI is InChI=1S/C20H32N6O/c1-23-6-8-24(9-7-23)18-15-19(22-16-21-18)25-10-12-26(13-11-25)20(27)14-17-4-2-3-5-17/h15-17H,2-14H2,1H3. The minimum Gasteiger partial charge on any atom is -0.354 e. The van der Waals surface area contributed by atoms with E-state index in [0.29, 0.717) is 11.8 Å². The van der Waals surface area contributed by atoms with Crippen LogP contribution in [0.15, 0.2) is 12.4 Å². The highest BCUT2D eigenvalue weighted by molar-refractivity contribution is 5.76. The van der Waals surface area contributed by atoms with Crippen LogP contribution in [-0.2, 0) is 4.79 Å². The van der Waals surface area contributed by atoms with Crippen LogP contribution in [0.1, 0.15) is 32.1 Å². The van der Waals surface area contributed by atoms with Gasteiger partial charge in [-0.3, -0.25) is 4.79 Å². The maximum absolute atomic E-state index is 12.6. The van der Waals surface area contributed by atoms with Gasteiger partial charge in [0.15, 0.2) is 0 Å². The Hall–Kier alpha value is -1.89. The van der Waals surface area contributed by atoms with E-state index in [4.69, 9.17) is 0 Å². The minimum absolute atomic E-state index is 0.349. The van der Waals surface area contributed by atoms with Gasteiger partial charge in [0.25, 0.3) is 0 Å². The van der Waals surface area contributed by atoms with E-state index in [0.717, 1.165) is 70.4 Å². The summed E-state index contributed by atoms with van der Waals surface area (Å²) >= 11 is 0. The summed E-state index contributed by atoms with van der Waals surface area (Å²) in [5, 5.41) is 0. The molecule has 3 heterocycles. The van der Waals surface area contributed by atoms with Gasteiger partial charge < -0.3 is 19.6 Å². The second kappa shape index (κ2) is 8.42. The Morgan fingerprint density at radius 1 is 0.926 bits per heavy atom. The molecule has 0 atom stereocenters. The molecule has 27 heavy (non-hydrogen) atoms. The van der Waals surface area contributed by atoms with Crippen molar-refractivity contribution in [3.05, 3.63) is 12.4 Å². The number of hydrogen-bond acceptors (Lipinski definition) is 6. The van der Waals surface area contributed by atoms with E-state index in [1.54, 1.807) is 6.33 Å². The van der Waals surface area contributed by atoms with Gasteiger partial charge in [0.1, 0.15) is 18.0 Å². The summed E-state index contributed by atoms with van der Waals surface area (Å²) in [6, 6.07) is 2.11. The van der Waals surface area contributed by atoms with E-state index in [9.17, 15) is 4.79 Å². The number of likely N-dealkylation sites (N-methyl/N-ethyl adjacent to an activating group) is 1. The van der Waals surface area contributed by atoms with Crippen molar-refractivity contribution in [3.63, 3.8) is 0 Å². The van der Waals surface area contributed by atoms with Gasteiger partial charge in [0.05, 0.1) is 0 Å². The Balaban J connectivity index is 1.31. The molecule has 4 rings (SSSR count). The summed E-state index contributed by atoms with van der Waals surface area (Å²) in [4.78, 5) is 30.6. The van der Waals surface area contributed by atoms with E-state index >= 15 is 0 Å². The zero-order chi connectivity index (χ0) is 18.6. The second-order valence-corrected chi connectivity index (χ2v) is 8.25. The smallest absolute Gasteiger partial charge is 0.222 e. The number of piperazine rings is 2. The van der Waals surface area contributed by atoms with Crippen molar-refractivity contribution in [3.8, 4) is 0 Å². The fourth-order valence-corrected chi connectivity index (χ4v) is 4.49. The molecule has 3 fully saturated rings. The second-order valence-electron chi connectivity index (χ2n) is 8.25. The lowest BCUT2D eigenvalue weighted by molar-refractivity contribution is -0.132. The molecule has 7 heteroatoms. The number of rotatable bonds is 4. The Morgan fingerprint density at radius 2 is 1.48 bits per heavy atom. The molecule has 1 saturated carbocycles. The molecule has 0 unspecified atom stereocenters. The zero-order valence-corrected chi connectivity index (χ0v) is 16.5. The molecular formula is C20H32N6O. The third kappa shape index (κ3) is 4.51. The summed E-state index contributed by atoms with van der Waals surface area (Å²) in [5.74, 6) is 2.99. The summed E-state index contributed by atoms with van der Waals surface area (Å²) in [5.41, 5.74) is 0. The van der Waals surface area contributed by atoms with Crippen molar-refractivity contribution < 1.29 is 4.79 Å². The van der Waals surface area contributed by atoms with E-state index in [1.807, 2.05) is 0 Å². The normalized spacial score (nSPS) is 22.5. The number of carbonyl (C=O) groups excluding carboxylic acids is 1. The molecule has 0 spiro atoms. The van der Waals surface area contributed by atoms with Crippen LogP contribution in [0, 0.1) is 5.92 Å². The molecule has 1 aromatic heterocycles. The van der Waals surface area contributed by atoms with E-state index in [-0.39, 0.29) is 0 Å². The zero-order valence-electron chi connectivity index (χ0n) is 16.5. The molecule has 0 bridgehead atoms. The average Bonchev–Trinajstić information content (AvgIpc) is 3.22. The van der Waals surface area contributed by atoms with Crippen LogP contribution in [-0.4, -0.2) is 85.1 Å². The van der Waals surface area contributed by atoms with Gasteiger partial charge >= 0.3 is 0 Å². The Labute approximate surface area is 162 Å². The molecule has 0 N–H and O–H groups in total. The van der Waals surface area contributed by atoms with Crippen LogP contribution in [0.25, 0.3) is 0 Å². The first-order chi connectivity index (χ1) is 13.2. The van der Waals surface area contributed by atoms with E-state index < -0.39 is 0 Å². The first-order valence-electron chi connectivity index (χ1n) is 10.5. The average molecular weight is 373 g/mol. The SMILES string of the molecule is CN1CCN(c2cc(N3CCN(C(=O)CC4CCCC4)CC3)ncn2)CC1. The van der Waals surface area contributed by atoms with Gasteiger partial charge in [-0.1, -0.05) is 12.8 Å². The Morgan fingerprint density at radius 3 is 2.07 bits per heavy atom. The van der Waals surface area contributed by atoms with Crippen molar-refractivity contribution in [1.82, 2.24) is 19.8 Å². The van der Waals surface area contributed by atoms with Crippen LogP contribution >= 0.6 is 0 Å². The Bertz CT molecular complexity index is 631. The number of amides is 1. The Kier molecular flexibility index (Phi) is 5.76. The molecule has 148 valence electrons. The van der Waals surface area contributed by atoms with Gasteiger partial charge in [-0.05, 0) is 25.8 Å². The lowest BCUT2D eigenvalue weighted by Gasteiger charge is -2.37. The van der Waals surface area contributed by atoms with Crippen LogP contribution in [0.3, 0.4) is 0 Å². The van der Waals surface area contributed by atoms with Crippen LogP contribution in [0.5, 0.6) is 0 Å². The summed E-state index contributed by atoms with van der Waals surface area (Å²) in [7, 11) is 2.16.